The summed E-state index contributed by atoms with van der Waals surface area (Å²) in [4.78, 5) is 0. The Hall–Kier alpha value is -8.08. The van der Waals surface area contributed by atoms with Crippen LogP contribution >= 0.6 is 0 Å². The normalized spacial score (nSPS) is 12.3. The minimum absolute atomic E-state index is 0.894. The molecule has 0 bridgehead atoms. The lowest BCUT2D eigenvalue weighted by Gasteiger charge is -2.16. The molecule has 4 heterocycles. The summed E-state index contributed by atoms with van der Waals surface area (Å²) in [5, 5.41) is 14.2. The fourth-order valence-electron chi connectivity index (χ4n) is 10.2. The number of nitrogens with zero attached hydrogens (tertiary/aromatic N) is 2. The van der Waals surface area contributed by atoms with Gasteiger partial charge in [-0.3, -0.25) is 0 Å². The summed E-state index contributed by atoms with van der Waals surface area (Å²) in [6, 6.07) is 70.3. The van der Waals surface area contributed by atoms with Gasteiger partial charge in [0, 0.05) is 54.5 Å². The Morgan fingerprint density at radius 1 is 0.267 bits per heavy atom. The smallest absolute Gasteiger partial charge is 0.136 e. The lowest BCUT2D eigenvalue weighted by atomic mass is 10.0. The summed E-state index contributed by atoms with van der Waals surface area (Å²) >= 11 is 0. The van der Waals surface area contributed by atoms with Crippen LogP contribution in [-0.2, 0) is 0 Å². The quantitative estimate of drug-likeness (QED) is 0.180. The molecule has 0 unspecified atom stereocenters. The second kappa shape index (κ2) is 11.8. The molecule has 0 atom stereocenters. The van der Waals surface area contributed by atoms with E-state index in [2.05, 4.69) is 191 Å². The Labute approximate surface area is 342 Å². The molecule has 0 spiro atoms. The molecule has 4 heteroatoms. The van der Waals surface area contributed by atoms with Crippen LogP contribution in [-0.4, -0.2) is 9.13 Å². The number of furan rings is 2. The van der Waals surface area contributed by atoms with Gasteiger partial charge in [-0.2, -0.15) is 0 Å². The third kappa shape index (κ3) is 4.34. The van der Waals surface area contributed by atoms with Crippen molar-refractivity contribution in [3.8, 4) is 22.5 Å². The largest absolute Gasteiger partial charge is 0.456 e. The van der Waals surface area contributed by atoms with Crippen molar-refractivity contribution in [1.29, 1.82) is 0 Å². The minimum atomic E-state index is 0.894. The van der Waals surface area contributed by atoms with Crippen molar-refractivity contribution in [3.63, 3.8) is 0 Å². The van der Waals surface area contributed by atoms with Gasteiger partial charge in [-0.25, -0.2) is 0 Å². The van der Waals surface area contributed by atoms with Crippen LogP contribution in [0.25, 0.3) is 132 Å². The van der Waals surface area contributed by atoms with Crippen molar-refractivity contribution in [2.45, 2.75) is 0 Å². The average Bonchev–Trinajstić information content (AvgIpc) is 4.04. The average molecular weight is 765 g/mol. The molecule has 60 heavy (non-hydrogen) atoms. The molecule has 0 aliphatic rings. The standard InChI is InChI=1S/C56H32N2O2/c1-2-12-33(13-3-1)38-26-39(57-45-22-24-51-55(41-18-8-10-20-49(41)59-51)53(45)43-28-34-14-4-6-16-36(34)30-47(43)57)32-40(27-38)58-46-23-25-52-56(42-19-9-11-21-50(42)60-52)54(46)44-29-35-15-5-7-17-37(35)31-48(44)58/h1-32H. The predicted molar refractivity (Wildman–Crippen MR) is 250 cm³/mol. The van der Waals surface area contributed by atoms with Gasteiger partial charge in [0.05, 0.1) is 22.1 Å². The first-order valence-electron chi connectivity index (χ1n) is 20.5. The van der Waals surface area contributed by atoms with Gasteiger partial charge in [0.25, 0.3) is 0 Å². The summed E-state index contributed by atoms with van der Waals surface area (Å²) in [7, 11) is 0. The molecule has 4 aromatic heterocycles. The molecule has 10 aromatic carbocycles. The van der Waals surface area contributed by atoms with E-state index in [1.165, 1.54) is 43.1 Å². The van der Waals surface area contributed by atoms with Gasteiger partial charge in [0.1, 0.15) is 22.3 Å². The molecule has 0 radical (unpaired) electrons. The lowest BCUT2D eigenvalue weighted by Crippen LogP contribution is -2.00. The zero-order valence-corrected chi connectivity index (χ0v) is 32.2. The van der Waals surface area contributed by atoms with Crippen molar-refractivity contribution in [1.82, 2.24) is 9.13 Å². The first-order valence-corrected chi connectivity index (χ1v) is 20.5. The van der Waals surface area contributed by atoms with Crippen LogP contribution in [0.3, 0.4) is 0 Å². The van der Waals surface area contributed by atoms with Crippen molar-refractivity contribution >= 4 is 109 Å². The maximum absolute atomic E-state index is 6.50. The Morgan fingerprint density at radius 2 is 0.700 bits per heavy atom. The molecule has 0 N–H and O–H groups in total. The van der Waals surface area contributed by atoms with E-state index in [0.717, 1.165) is 88.4 Å². The van der Waals surface area contributed by atoms with E-state index in [4.69, 9.17) is 8.83 Å². The van der Waals surface area contributed by atoms with E-state index in [1.807, 2.05) is 12.1 Å². The first-order chi connectivity index (χ1) is 29.7. The van der Waals surface area contributed by atoms with E-state index in [-0.39, 0.29) is 0 Å². The summed E-state index contributed by atoms with van der Waals surface area (Å²) in [6.45, 7) is 0. The number of para-hydroxylation sites is 2. The molecule has 0 amide bonds. The van der Waals surface area contributed by atoms with Crippen molar-refractivity contribution < 1.29 is 8.83 Å². The highest BCUT2D eigenvalue weighted by Crippen LogP contribution is 2.46. The van der Waals surface area contributed by atoms with E-state index >= 15 is 0 Å². The Balaban J connectivity index is 1.16. The summed E-state index contributed by atoms with van der Waals surface area (Å²) in [5.74, 6) is 0. The highest BCUT2D eigenvalue weighted by atomic mass is 16.3. The van der Waals surface area contributed by atoms with Crippen LogP contribution in [0.1, 0.15) is 0 Å². The summed E-state index contributed by atoms with van der Waals surface area (Å²) in [5.41, 5.74) is 12.6. The van der Waals surface area contributed by atoms with Crippen LogP contribution in [0.15, 0.2) is 203 Å². The van der Waals surface area contributed by atoms with Crippen LogP contribution in [0, 0.1) is 0 Å². The Kier molecular flexibility index (Phi) is 6.26. The van der Waals surface area contributed by atoms with Crippen LogP contribution < -0.4 is 0 Å². The SMILES string of the molecule is c1ccc(-c2cc(-n3c4cc5ccccc5cc4c4c5c(ccc43)oc3ccccc35)cc(-n3c4cc5ccccc5cc4c4c5c(ccc43)oc3ccccc35)c2)cc1. The molecule has 0 aliphatic heterocycles. The van der Waals surface area contributed by atoms with Gasteiger partial charge >= 0.3 is 0 Å². The highest BCUT2D eigenvalue weighted by Gasteiger charge is 2.23. The van der Waals surface area contributed by atoms with E-state index in [0.29, 0.717) is 0 Å². The topological polar surface area (TPSA) is 36.1 Å². The minimum Gasteiger partial charge on any atom is -0.456 e. The Bertz CT molecular complexity index is 3880. The van der Waals surface area contributed by atoms with Gasteiger partial charge in [0.15, 0.2) is 0 Å². The summed E-state index contributed by atoms with van der Waals surface area (Å²) < 4.78 is 17.9. The monoisotopic (exact) mass is 764 g/mol. The van der Waals surface area contributed by atoms with Gasteiger partial charge in [-0.15, -0.1) is 0 Å². The number of fused-ring (bicyclic) bond motifs is 16. The lowest BCUT2D eigenvalue weighted by molar-refractivity contribution is 0.669. The maximum Gasteiger partial charge on any atom is 0.136 e. The molecule has 4 nitrogen and oxygen atoms in total. The van der Waals surface area contributed by atoms with Crippen molar-refractivity contribution in [2.75, 3.05) is 0 Å². The second-order valence-corrected chi connectivity index (χ2v) is 16.1. The molecule has 0 saturated carbocycles. The second-order valence-electron chi connectivity index (χ2n) is 16.1. The van der Waals surface area contributed by atoms with E-state index < -0.39 is 0 Å². The fourth-order valence-corrected chi connectivity index (χ4v) is 10.2. The van der Waals surface area contributed by atoms with Crippen molar-refractivity contribution in [3.05, 3.63) is 194 Å². The highest BCUT2D eigenvalue weighted by molar-refractivity contribution is 6.30. The first kappa shape index (κ1) is 31.9. The molecular formula is C56H32N2O2. The van der Waals surface area contributed by atoms with Crippen LogP contribution in [0.4, 0.5) is 0 Å². The zero-order chi connectivity index (χ0) is 39.1. The molecule has 0 saturated heterocycles. The number of hydrogen-bond donors (Lipinski definition) is 0. The third-order valence-electron chi connectivity index (χ3n) is 12.8. The maximum atomic E-state index is 6.50. The molecule has 278 valence electrons. The van der Waals surface area contributed by atoms with Gasteiger partial charge in [0.2, 0.25) is 0 Å². The van der Waals surface area contributed by atoms with Gasteiger partial charge < -0.3 is 18.0 Å². The van der Waals surface area contributed by atoms with Crippen LogP contribution in [0.5, 0.6) is 0 Å². The molecular weight excluding hydrogens is 733 g/mol. The molecule has 14 rings (SSSR count). The van der Waals surface area contributed by atoms with Crippen molar-refractivity contribution in [2.24, 2.45) is 0 Å². The summed E-state index contributed by atoms with van der Waals surface area (Å²) in [6.07, 6.45) is 0. The molecule has 14 aromatic rings. The third-order valence-corrected chi connectivity index (χ3v) is 12.8. The number of benzene rings is 10. The van der Waals surface area contributed by atoms with Gasteiger partial charge in [-0.1, -0.05) is 115 Å². The molecule has 0 fully saturated rings. The fraction of sp³-hybridized carbons (Fsp3) is 0. The Morgan fingerprint density at radius 3 is 1.20 bits per heavy atom. The number of rotatable bonds is 3. The van der Waals surface area contributed by atoms with E-state index in [1.54, 1.807) is 0 Å². The van der Waals surface area contributed by atoms with Crippen LogP contribution in [0.2, 0.25) is 0 Å². The van der Waals surface area contributed by atoms with Gasteiger partial charge in [-0.05, 0) is 112 Å². The zero-order valence-electron chi connectivity index (χ0n) is 32.2. The predicted octanol–water partition coefficient (Wildman–Crippen LogP) is 15.7. The van der Waals surface area contributed by atoms with E-state index in [9.17, 15) is 0 Å². The number of aromatic nitrogens is 2. The molecule has 0 aliphatic carbocycles. The number of hydrogen-bond acceptors (Lipinski definition) is 2.